The highest BCUT2D eigenvalue weighted by atomic mass is 35.5. The van der Waals surface area contributed by atoms with Gasteiger partial charge in [0.15, 0.2) is 0 Å². The summed E-state index contributed by atoms with van der Waals surface area (Å²) in [7, 11) is 0. The molecule has 0 aliphatic rings. The summed E-state index contributed by atoms with van der Waals surface area (Å²) in [6.07, 6.45) is 2.90. The summed E-state index contributed by atoms with van der Waals surface area (Å²) < 4.78 is 19.2. The SMILES string of the molecule is CC=C(N)C(=O)Nc1cc2c(Nc3ccc(F)c(Cl)c3)c(C#N)cnc2cc1OCC. The number of aromatic nitrogens is 1. The normalized spacial score (nSPS) is 11.1. The first-order chi connectivity index (χ1) is 14.9. The van der Waals surface area contributed by atoms with E-state index in [-0.39, 0.29) is 16.3 Å². The van der Waals surface area contributed by atoms with E-state index in [4.69, 9.17) is 22.1 Å². The summed E-state index contributed by atoms with van der Waals surface area (Å²) in [5.74, 6) is -0.646. The molecule has 1 amide bonds. The Bertz CT molecular complexity index is 1240. The molecule has 7 nitrogen and oxygen atoms in total. The van der Waals surface area contributed by atoms with Crippen molar-refractivity contribution in [2.45, 2.75) is 13.8 Å². The molecular formula is C22H19ClFN5O2. The van der Waals surface area contributed by atoms with Crippen LogP contribution in [0.25, 0.3) is 10.9 Å². The Morgan fingerprint density at radius 2 is 2.16 bits per heavy atom. The topological polar surface area (TPSA) is 113 Å². The van der Waals surface area contributed by atoms with Gasteiger partial charge in [-0.25, -0.2) is 4.39 Å². The minimum atomic E-state index is -0.555. The van der Waals surface area contributed by atoms with Gasteiger partial charge in [-0.3, -0.25) is 9.78 Å². The monoisotopic (exact) mass is 439 g/mol. The number of carbonyl (C=O) groups excluding carboxylic acids is 1. The van der Waals surface area contributed by atoms with Crippen molar-refractivity contribution in [3.8, 4) is 11.8 Å². The fraction of sp³-hybridized carbons (Fsp3) is 0.136. The molecule has 0 aliphatic carbocycles. The van der Waals surface area contributed by atoms with Gasteiger partial charge < -0.3 is 21.1 Å². The molecule has 0 atom stereocenters. The fourth-order valence-corrected chi connectivity index (χ4v) is 3.04. The Morgan fingerprint density at radius 3 is 2.81 bits per heavy atom. The Hall–Kier alpha value is -3.83. The van der Waals surface area contributed by atoms with Crippen LogP contribution in [0.3, 0.4) is 0 Å². The number of hydrogen-bond acceptors (Lipinski definition) is 6. The molecule has 9 heteroatoms. The maximum Gasteiger partial charge on any atom is 0.271 e. The zero-order chi connectivity index (χ0) is 22.5. The number of pyridine rings is 1. The molecule has 0 aliphatic heterocycles. The first kappa shape index (κ1) is 21.9. The second-order valence-corrected chi connectivity index (χ2v) is 6.82. The number of hydrogen-bond donors (Lipinski definition) is 3. The summed E-state index contributed by atoms with van der Waals surface area (Å²) >= 11 is 5.88. The van der Waals surface area contributed by atoms with Gasteiger partial charge in [-0.1, -0.05) is 17.7 Å². The number of ether oxygens (including phenoxy) is 1. The van der Waals surface area contributed by atoms with Gasteiger partial charge in [-0.05, 0) is 38.1 Å². The van der Waals surface area contributed by atoms with Gasteiger partial charge in [-0.2, -0.15) is 5.26 Å². The summed E-state index contributed by atoms with van der Waals surface area (Å²) in [6, 6.07) is 9.51. The van der Waals surface area contributed by atoms with Gasteiger partial charge in [0.05, 0.1) is 39.8 Å². The largest absolute Gasteiger partial charge is 0.492 e. The van der Waals surface area contributed by atoms with E-state index in [1.165, 1.54) is 30.5 Å². The molecule has 2 aromatic carbocycles. The van der Waals surface area contributed by atoms with Gasteiger partial charge in [0.2, 0.25) is 0 Å². The number of anilines is 3. The summed E-state index contributed by atoms with van der Waals surface area (Å²) in [5, 5.41) is 15.9. The van der Waals surface area contributed by atoms with E-state index in [0.717, 1.165) is 0 Å². The van der Waals surface area contributed by atoms with E-state index >= 15 is 0 Å². The first-order valence-corrected chi connectivity index (χ1v) is 9.70. The molecule has 1 aromatic heterocycles. The number of fused-ring (bicyclic) bond motifs is 1. The molecule has 3 aromatic rings. The molecule has 0 saturated carbocycles. The lowest BCUT2D eigenvalue weighted by atomic mass is 10.1. The van der Waals surface area contributed by atoms with Crippen molar-refractivity contribution in [3.63, 3.8) is 0 Å². The Labute approximate surface area is 183 Å². The van der Waals surface area contributed by atoms with Crippen LogP contribution < -0.4 is 21.1 Å². The average Bonchev–Trinajstić information content (AvgIpc) is 2.76. The van der Waals surface area contributed by atoms with Crippen LogP contribution in [0.1, 0.15) is 19.4 Å². The van der Waals surface area contributed by atoms with Crippen molar-refractivity contribution in [3.05, 3.63) is 64.7 Å². The quantitative estimate of drug-likeness (QED) is 0.473. The van der Waals surface area contributed by atoms with E-state index in [0.29, 0.717) is 40.3 Å². The van der Waals surface area contributed by atoms with Gasteiger partial charge in [-0.15, -0.1) is 0 Å². The standard InChI is InChI=1S/C22H19ClFN5O2/c1-3-17(26)22(30)29-19-8-14-18(9-20(19)31-4-2)27-11-12(10-25)21(14)28-13-5-6-16(24)15(23)7-13/h3,5-9,11H,4,26H2,1-2H3,(H,27,28)(H,29,30). The Morgan fingerprint density at radius 1 is 1.39 bits per heavy atom. The highest BCUT2D eigenvalue weighted by molar-refractivity contribution is 6.31. The Kier molecular flexibility index (Phi) is 6.58. The van der Waals surface area contributed by atoms with Crippen molar-refractivity contribution >= 4 is 45.5 Å². The van der Waals surface area contributed by atoms with Crippen LogP contribution in [-0.4, -0.2) is 17.5 Å². The van der Waals surface area contributed by atoms with Crippen LogP contribution in [0, 0.1) is 17.1 Å². The second-order valence-electron chi connectivity index (χ2n) is 6.41. The van der Waals surface area contributed by atoms with Gasteiger partial charge in [0, 0.05) is 23.3 Å². The molecule has 0 spiro atoms. The van der Waals surface area contributed by atoms with Gasteiger partial charge in [0.1, 0.15) is 17.6 Å². The predicted molar refractivity (Wildman–Crippen MR) is 119 cm³/mol. The second kappa shape index (κ2) is 9.32. The number of amides is 1. The molecule has 0 radical (unpaired) electrons. The van der Waals surface area contributed by atoms with Crippen molar-refractivity contribution < 1.29 is 13.9 Å². The molecule has 1 heterocycles. The molecule has 0 bridgehead atoms. The van der Waals surface area contributed by atoms with Crippen molar-refractivity contribution in [1.29, 1.82) is 5.26 Å². The number of nitrogens with zero attached hydrogens (tertiary/aromatic N) is 2. The number of allylic oxidation sites excluding steroid dienone is 1. The maximum atomic E-state index is 13.5. The molecular weight excluding hydrogens is 421 g/mol. The van der Waals surface area contributed by atoms with Crippen molar-refractivity contribution in [2.24, 2.45) is 5.73 Å². The van der Waals surface area contributed by atoms with E-state index < -0.39 is 11.7 Å². The zero-order valence-electron chi connectivity index (χ0n) is 16.8. The van der Waals surface area contributed by atoms with E-state index in [9.17, 15) is 14.4 Å². The first-order valence-electron chi connectivity index (χ1n) is 9.32. The summed E-state index contributed by atoms with van der Waals surface area (Å²) in [4.78, 5) is 16.6. The smallest absolute Gasteiger partial charge is 0.271 e. The van der Waals surface area contributed by atoms with Crippen LogP contribution in [0.4, 0.5) is 21.5 Å². The van der Waals surface area contributed by atoms with E-state index in [2.05, 4.69) is 21.7 Å². The lowest BCUT2D eigenvalue weighted by molar-refractivity contribution is -0.112. The van der Waals surface area contributed by atoms with Gasteiger partial charge in [0.25, 0.3) is 5.91 Å². The van der Waals surface area contributed by atoms with Crippen molar-refractivity contribution in [2.75, 3.05) is 17.2 Å². The number of nitriles is 1. The number of benzene rings is 2. The van der Waals surface area contributed by atoms with E-state index in [1.54, 1.807) is 19.1 Å². The molecule has 158 valence electrons. The number of carbonyl (C=O) groups is 1. The van der Waals surface area contributed by atoms with E-state index in [1.807, 2.05) is 6.92 Å². The summed E-state index contributed by atoms with van der Waals surface area (Å²) in [6.45, 7) is 3.83. The zero-order valence-corrected chi connectivity index (χ0v) is 17.5. The fourth-order valence-electron chi connectivity index (χ4n) is 2.86. The molecule has 0 fully saturated rings. The summed E-state index contributed by atoms with van der Waals surface area (Å²) in [5.41, 5.74) is 7.79. The molecule has 0 saturated heterocycles. The number of nitrogens with one attached hydrogen (secondary N) is 2. The van der Waals surface area contributed by atoms with Crippen LogP contribution >= 0.6 is 11.6 Å². The van der Waals surface area contributed by atoms with Crippen LogP contribution in [0.5, 0.6) is 5.75 Å². The number of nitrogens with two attached hydrogens (primary N) is 1. The number of rotatable bonds is 6. The number of halogens is 2. The molecule has 31 heavy (non-hydrogen) atoms. The van der Waals surface area contributed by atoms with Crippen molar-refractivity contribution in [1.82, 2.24) is 4.98 Å². The third-order valence-corrected chi connectivity index (χ3v) is 4.69. The van der Waals surface area contributed by atoms with Crippen LogP contribution in [0.15, 0.2) is 48.3 Å². The minimum absolute atomic E-state index is 0.0470. The van der Waals surface area contributed by atoms with Gasteiger partial charge >= 0.3 is 0 Å². The highest BCUT2D eigenvalue weighted by Gasteiger charge is 2.16. The third-order valence-electron chi connectivity index (χ3n) is 4.40. The average molecular weight is 440 g/mol. The van der Waals surface area contributed by atoms with Crippen LogP contribution in [-0.2, 0) is 4.79 Å². The van der Waals surface area contributed by atoms with Crippen LogP contribution in [0.2, 0.25) is 5.02 Å². The minimum Gasteiger partial charge on any atom is -0.492 e. The lowest BCUT2D eigenvalue weighted by Gasteiger charge is -2.16. The molecule has 4 N–H and O–H groups in total. The lowest BCUT2D eigenvalue weighted by Crippen LogP contribution is -2.20. The highest BCUT2D eigenvalue weighted by Crippen LogP contribution is 2.36. The Balaban J connectivity index is 2.17. The third kappa shape index (κ3) is 4.68. The molecule has 0 unspecified atom stereocenters. The maximum absolute atomic E-state index is 13.5. The molecule has 3 rings (SSSR count). The predicted octanol–water partition coefficient (Wildman–Crippen LogP) is 4.84.